The van der Waals surface area contributed by atoms with Crippen LogP contribution < -0.4 is 4.90 Å². The molecular weight excluding hydrogens is 376 g/mol. The van der Waals surface area contributed by atoms with Crippen LogP contribution in [0.25, 0.3) is 22.5 Å². The first-order valence-electron chi connectivity index (χ1n) is 8.46. The Balaban J connectivity index is 1.70. The monoisotopic (exact) mass is 392 g/mol. The molecule has 0 spiro atoms. The first-order valence-corrected chi connectivity index (χ1v) is 10.2. The second-order valence-electron chi connectivity index (χ2n) is 5.72. The summed E-state index contributed by atoms with van der Waals surface area (Å²) in [4.78, 5) is 27.7. The van der Waals surface area contributed by atoms with E-state index in [4.69, 9.17) is 0 Å². The van der Waals surface area contributed by atoms with Crippen LogP contribution in [0.2, 0.25) is 0 Å². The Hall–Kier alpha value is -2.90. The third kappa shape index (κ3) is 3.65. The van der Waals surface area contributed by atoms with Crippen molar-refractivity contribution in [1.29, 1.82) is 0 Å². The van der Waals surface area contributed by atoms with Crippen LogP contribution in [-0.4, -0.2) is 20.9 Å². The van der Waals surface area contributed by atoms with Crippen LogP contribution in [0.1, 0.15) is 13.3 Å². The van der Waals surface area contributed by atoms with Gasteiger partial charge in [0.05, 0.1) is 11.4 Å². The van der Waals surface area contributed by atoms with Crippen molar-refractivity contribution in [2.24, 2.45) is 0 Å². The number of hydrogen-bond donors (Lipinski definition) is 0. The molecule has 0 unspecified atom stereocenters. The van der Waals surface area contributed by atoms with Crippen molar-refractivity contribution in [2.45, 2.75) is 13.3 Å². The van der Waals surface area contributed by atoms with Gasteiger partial charge in [-0.25, -0.2) is 14.9 Å². The van der Waals surface area contributed by atoms with Gasteiger partial charge in [0.2, 0.25) is 5.91 Å². The maximum absolute atomic E-state index is 12.7. The van der Waals surface area contributed by atoms with Gasteiger partial charge in [-0.05, 0) is 12.1 Å². The highest BCUT2D eigenvalue weighted by molar-refractivity contribution is 7.16. The van der Waals surface area contributed by atoms with Gasteiger partial charge < -0.3 is 0 Å². The van der Waals surface area contributed by atoms with Crippen LogP contribution in [0.15, 0.2) is 65.6 Å². The Labute approximate surface area is 165 Å². The molecule has 0 aliphatic heterocycles. The van der Waals surface area contributed by atoms with Gasteiger partial charge in [-0.1, -0.05) is 37.3 Å². The maximum Gasteiger partial charge on any atom is 0.234 e. The minimum atomic E-state index is -0.0282. The fourth-order valence-corrected chi connectivity index (χ4v) is 4.34. The highest BCUT2D eigenvalue weighted by atomic mass is 32.1. The Morgan fingerprint density at radius 3 is 2.00 bits per heavy atom. The van der Waals surface area contributed by atoms with E-state index in [0.29, 0.717) is 16.7 Å². The van der Waals surface area contributed by atoms with E-state index >= 15 is 0 Å². The molecule has 0 aliphatic rings. The van der Waals surface area contributed by atoms with E-state index < -0.39 is 0 Å². The third-order valence-corrected chi connectivity index (χ3v) is 5.62. The summed E-state index contributed by atoms with van der Waals surface area (Å²) in [6, 6.07) is 13.8. The van der Waals surface area contributed by atoms with Crippen LogP contribution in [0.3, 0.4) is 0 Å². The van der Waals surface area contributed by atoms with E-state index in [-0.39, 0.29) is 5.91 Å². The molecule has 0 saturated heterocycles. The summed E-state index contributed by atoms with van der Waals surface area (Å²) in [5, 5.41) is 5.18. The normalized spacial score (nSPS) is 10.7. The summed E-state index contributed by atoms with van der Waals surface area (Å²) in [6.45, 7) is 1.85. The van der Waals surface area contributed by atoms with E-state index in [2.05, 4.69) is 15.0 Å². The SMILES string of the molecule is CCC(=O)N(c1nc(-c2ccccc2)cs1)c1nc(-c2ccncc2)cs1. The minimum absolute atomic E-state index is 0.0282. The molecule has 3 aromatic heterocycles. The molecule has 0 atom stereocenters. The lowest BCUT2D eigenvalue weighted by atomic mass is 10.2. The van der Waals surface area contributed by atoms with Crippen LogP contribution >= 0.6 is 22.7 Å². The Morgan fingerprint density at radius 2 is 1.44 bits per heavy atom. The quantitative estimate of drug-likeness (QED) is 0.456. The van der Waals surface area contributed by atoms with Crippen molar-refractivity contribution >= 4 is 38.8 Å². The van der Waals surface area contributed by atoms with E-state index in [0.717, 1.165) is 22.5 Å². The van der Waals surface area contributed by atoms with E-state index in [1.54, 1.807) is 17.3 Å². The molecule has 7 heteroatoms. The molecule has 5 nitrogen and oxygen atoms in total. The maximum atomic E-state index is 12.7. The summed E-state index contributed by atoms with van der Waals surface area (Å²) in [5.41, 5.74) is 3.68. The number of carbonyl (C=O) groups is 1. The Bertz CT molecular complexity index is 966. The van der Waals surface area contributed by atoms with Gasteiger partial charge in [0.15, 0.2) is 10.3 Å². The molecule has 0 fully saturated rings. The predicted molar refractivity (Wildman–Crippen MR) is 110 cm³/mol. The van der Waals surface area contributed by atoms with Crippen LogP contribution in [-0.2, 0) is 4.79 Å². The van der Waals surface area contributed by atoms with E-state index in [1.807, 2.05) is 60.1 Å². The number of nitrogens with zero attached hydrogens (tertiary/aromatic N) is 4. The number of aromatic nitrogens is 3. The molecule has 0 aliphatic carbocycles. The molecule has 0 radical (unpaired) electrons. The van der Waals surface area contributed by atoms with Crippen LogP contribution in [0, 0.1) is 0 Å². The van der Waals surface area contributed by atoms with Crippen molar-refractivity contribution < 1.29 is 4.79 Å². The van der Waals surface area contributed by atoms with Crippen LogP contribution in [0.5, 0.6) is 0 Å². The van der Waals surface area contributed by atoms with Crippen molar-refractivity contribution in [1.82, 2.24) is 15.0 Å². The smallest absolute Gasteiger partial charge is 0.234 e. The predicted octanol–water partition coefficient (Wildman–Crippen LogP) is 5.40. The number of pyridine rings is 1. The van der Waals surface area contributed by atoms with Crippen molar-refractivity contribution in [3.8, 4) is 22.5 Å². The second kappa shape index (κ2) is 7.77. The zero-order valence-electron chi connectivity index (χ0n) is 14.6. The lowest BCUT2D eigenvalue weighted by Gasteiger charge is -2.15. The standard InChI is InChI=1S/C20H16N4OS2/c1-2-18(25)24(19-22-16(12-26-19)14-6-4-3-5-7-14)20-23-17(13-27-20)15-8-10-21-11-9-15/h3-13H,2H2,1H3. The number of anilines is 2. The van der Waals surface area contributed by atoms with Gasteiger partial charge >= 0.3 is 0 Å². The first kappa shape index (κ1) is 17.5. The number of hydrogen-bond acceptors (Lipinski definition) is 6. The number of benzene rings is 1. The summed E-state index contributed by atoms with van der Waals surface area (Å²) in [7, 11) is 0. The summed E-state index contributed by atoms with van der Waals surface area (Å²) >= 11 is 2.88. The highest BCUT2D eigenvalue weighted by Crippen LogP contribution is 2.36. The molecule has 1 aromatic carbocycles. The zero-order chi connectivity index (χ0) is 18.6. The second-order valence-corrected chi connectivity index (χ2v) is 7.39. The molecule has 3 heterocycles. The Kier molecular flexibility index (Phi) is 5.04. The number of carbonyl (C=O) groups excluding carboxylic acids is 1. The van der Waals surface area contributed by atoms with Gasteiger partial charge in [-0.2, -0.15) is 0 Å². The molecule has 4 aromatic rings. The number of amides is 1. The van der Waals surface area contributed by atoms with Crippen molar-refractivity contribution in [3.63, 3.8) is 0 Å². The zero-order valence-corrected chi connectivity index (χ0v) is 16.2. The third-order valence-electron chi connectivity index (χ3n) is 3.96. The van der Waals surface area contributed by atoms with Gasteiger partial charge in [-0.3, -0.25) is 9.78 Å². The number of rotatable bonds is 5. The van der Waals surface area contributed by atoms with Gasteiger partial charge in [0.25, 0.3) is 0 Å². The van der Waals surface area contributed by atoms with Gasteiger partial charge in [-0.15, -0.1) is 22.7 Å². The summed E-state index contributed by atoms with van der Waals surface area (Å²) in [6.07, 6.45) is 3.84. The minimum Gasteiger partial charge on any atom is -0.274 e. The fraction of sp³-hybridized carbons (Fsp3) is 0.100. The molecule has 1 amide bonds. The molecule has 27 heavy (non-hydrogen) atoms. The molecular formula is C20H16N4OS2. The van der Waals surface area contributed by atoms with E-state index in [9.17, 15) is 4.79 Å². The molecule has 4 rings (SSSR count). The van der Waals surface area contributed by atoms with Gasteiger partial charge in [0.1, 0.15) is 0 Å². The summed E-state index contributed by atoms with van der Waals surface area (Å²) < 4.78 is 0. The first-order chi connectivity index (χ1) is 13.3. The molecule has 0 bridgehead atoms. The lowest BCUT2D eigenvalue weighted by molar-refractivity contribution is -0.117. The lowest BCUT2D eigenvalue weighted by Crippen LogP contribution is -2.24. The van der Waals surface area contributed by atoms with Crippen molar-refractivity contribution in [2.75, 3.05) is 4.90 Å². The fourth-order valence-electron chi connectivity index (χ4n) is 2.58. The van der Waals surface area contributed by atoms with Crippen LogP contribution in [0.4, 0.5) is 10.3 Å². The average Bonchev–Trinajstić information content (AvgIpc) is 3.40. The topological polar surface area (TPSA) is 59.0 Å². The molecule has 0 N–H and O–H groups in total. The van der Waals surface area contributed by atoms with Crippen molar-refractivity contribution in [3.05, 3.63) is 65.6 Å². The molecule has 0 saturated carbocycles. The number of thiazole rings is 2. The largest absolute Gasteiger partial charge is 0.274 e. The average molecular weight is 393 g/mol. The Morgan fingerprint density at radius 1 is 0.889 bits per heavy atom. The van der Waals surface area contributed by atoms with E-state index in [1.165, 1.54) is 22.7 Å². The highest BCUT2D eigenvalue weighted by Gasteiger charge is 2.23. The summed E-state index contributed by atoms with van der Waals surface area (Å²) in [5.74, 6) is -0.0282. The molecule has 134 valence electrons. The van der Waals surface area contributed by atoms with Gasteiger partial charge in [0, 0.05) is 40.7 Å².